The average molecular weight is 402 g/mol. The SMILES string of the molecule is CCNc1cc2c(cc1C)C(c1ccc(C)cc1C(=O)O)C1C=C(C)C(=N)C=C1O2. The van der Waals surface area contributed by atoms with E-state index in [4.69, 9.17) is 10.1 Å². The van der Waals surface area contributed by atoms with Gasteiger partial charge in [-0.05, 0) is 56.5 Å². The van der Waals surface area contributed by atoms with Gasteiger partial charge in [-0.25, -0.2) is 4.79 Å². The quantitative estimate of drug-likeness (QED) is 0.636. The van der Waals surface area contributed by atoms with Crippen LogP contribution in [-0.2, 0) is 0 Å². The number of carboxylic acid groups (broad SMARTS) is 1. The zero-order valence-electron chi connectivity index (χ0n) is 17.7. The number of benzene rings is 2. The van der Waals surface area contributed by atoms with Crippen molar-refractivity contribution < 1.29 is 14.6 Å². The van der Waals surface area contributed by atoms with Crippen LogP contribution in [0.4, 0.5) is 5.69 Å². The molecule has 2 aliphatic rings. The summed E-state index contributed by atoms with van der Waals surface area (Å²) >= 11 is 0. The maximum Gasteiger partial charge on any atom is 0.335 e. The fourth-order valence-electron chi connectivity index (χ4n) is 4.38. The number of nitrogens with one attached hydrogen (secondary N) is 2. The van der Waals surface area contributed by atoms with Crippen LogP contribution in [-0.4, -0.2) is 23.3 Å². The Balaban J connectivity index is 1.98. The molecule has 0 aromatic heterocycles. The van der Waals surface area contributed by atoms with Crippen LogP contribution in [0.2, 0.25) is 0 Å². The largest absolute Gasteiger partial charge is 0.478 e. The Kier molecular flexibility index (Phi) is 4.98. The summed E-state index contributed by atoms with van der Waals surface area (Å²) < 4.78 is 6.26. The minimum absolute atomic E-state index is 0.156. The van der Waals surface area contributed by atoms with Crippen LogP contribution in [0.5, 0.6) is 5.75 Å². The van der Waals surface area contributed by atoms with Gasteiger partial charge in [0.1, 0.15) is 11.5 Å². The van der Waals surface area contributed by atoms with E-state index in [1.165, 1.54) is 0 Å². The van der Waals surface area contributed by atoms with Crippen molar-refractivity contribution in [3.8, 4) is 5.75 Å². The van der Waals surface area contributed by atoms with E-state index in [1.54, 1.807) is 12.1 Å². The molecule has 2 atom stereocenters. The number of allylic oxidation sites excluding steroid dienone is 3. The second-order valence-corrected chi connectivity index (χ2v) is 8.05. The number of hydrogen-bond acceptors (Lipinski definition) is 4. The third-order valence-electron chi connectivity index (χ3n) is 5.89. The number of carboxylic acids is 1. The molecule has 154 valence electrons. The van der Waals surface area contributed by atoms with E-state index in [-0.39, 0.29) is 11.8 Å². The highest BCUT2D eigenvalue weighted by atomic mass is 16.5. The molecule has 2 aromatic carbocycles. The van der Waals surface area contributed by atoms with E-state index in [9.17, 15) is 9.90 Å². The molecular weight excluding hydrogens is 376 g/mol. The van der Waals surface area contributed by atoms with E-state index in [1.807, 2.05) is 52.0 Å². The zero-order chi connectivity index (χ0) is 21.6. The highest BCUT2D eigenvalue weighted by Gasteiger charge is 2.39. The first-order chi connectivity index (χ1) is 14.3. The predicted molar refractivity (Wildman–Crippen MR) is 119 cm³/mol. The van der Waals surface area contributed by atoms with Crippen LogP contribution >= 0.6 is 0 Å². The highest BCUT2D eigenvalue weighted by molar-refractivity contribution is 6.07. The van der Waals surface area contributed by atoms with E-state index in [2.05, 4.69) is 11.4 Å². The molecule has 5 heteroatoms. The van der Waals surface area contributed by atoms with Crippen LogP contribution in [0.15, 0.2) is 53.8 Å². The van der Waals surface area contributed by atoms with Gasteiger partial charge in [0, 0.05) is 41.8 Å². The molecule has 0 fully saturated rings. The number of hydrogen-bond donors (Lipinski definition) is 3. The molecule has 0 amide bonds. The van der Waals surface area contributed by atoms with Gasteiger partial charge in [-0.15, -0.1) is 0 Å². The first-order valence-electron chi connectivity index (χ1n) is 10.2. The topological polar surface area (TPSA) is 82.4 Å². The van der Waals surface area contributed by atoms with Crippen molar-refractivity contribution in [1.29, 1.82) is 5.41 Å². The summed E-state index contributed by atoms with van der Waals surface area (Å²) in [5, 5.41) is 21.5. The summed E-state index contributed by atoms with van der Waals surface area (Å²) in [6.07, 6.45) is 3.79. The number of fused-ring (bicyclic) bond motifs is 2. The normalized spacial score (nSPS) is 19.8. The lowest BCUT2D eigenvalue weighted by Gasteiger charge is -2.37. The lowest BCUT2D eigenvalue weighted by Crippen LogP contribution is -2.29. The highest BCUT2D eigenvalue weighted by Crippen LogP contribution is 2.50. The van der Waals surface area contributed by atoms with Crippen molar-refractivity contribution in [1.82, 2.24) is 0 Å². The Morgan fingerprint density at radius 3 is 2.63 bits per heavy atom. The minimum Gasteiger partial charge on any atom is -0.478 e. The molecule has 30 heavy (non-hydrogen) atoms. The number of aromatic carboxylic acids is 1. The van der Waals surface area contributed by atoms with Crippen molar-refractivity contribution in [2.24, 2.45) is 5.92 Å². The second kappa shape index (κ2) is 7.48. The van der Waals surface area contributed by atoms with Gasteiger partial charge in [0.2, 0.25) is 0 Å². The van der Waals surface area contributed by atoms with Gasteiger partial charge in [0.15, 0.2) is 0 Å². The number of ether oxygens (including phenoxy) is 1. The number of aryl methyl sites for hydroxylation is 2. The summed E-state index contributed by atoms with van der Waals surface area (Å²) in [6.45, 7) is 8.70. The van der Waals surface area contributed by atoms with Crippen molar-refractivity contribution in [2.45, 2.75) is 33.6 Å². The number of anilines is 1. The minimum atomic E-state index is -0.933. The molecule has 3 N–H and O–H groups in total. The molecule has 5 nitrogen and oxygen atoms in total. The Morgan fingerprint density at radius 2 is 1.93 bits per heavy atom. The zero-order valence-corrected chi connectivity index (χ0v) is 17.7. The van der Waals surface area contributed by atoms with E-state index >= 15 is 0 Å². The van der Waals surface area contributed by atoms with Crippen LogP contribution in [0, 0.1) is 25.2 Å². The Morgan fingerprint density at radius 1 is 1.17 bits per heavy atom. The van der Waals surface area contributed by atoms with E-state index in [0.717, 1.165) is 40.1 Å². The molecule has 0 bridgehead atoms. The van der Waals surface area contributed by atoms with Gasteiger partial charge >= 0.3 is 5.97 Å². The van der Waals surface area contributed by atoms with E-state index < -0.39 is 5.97 Å². The van der Waals surface area contributed by atoms with Gasteiger partial charge in [-0.3, -0.25) is 0 Å². The fraction of sp³-hybridized carbons (Fsp3) is 0.280. The Hall–Kier alpha value is -3.34. The third-order valence-corrected chi connectivity index (χ3v) is 5.89. The number of rotatable bonds is 4. The van der Waals surface area contributed by atoms with Gasteiger partial charge < -0.3 is 20.6 Å². The second-order valence-electron chi connectivity index (χ2n) is 8.05. The first-order valence-corrected chi connectivity index (χ1v) is 10.2. The smallest absolute Gasteiger partial charge is 0.335 e. The predicted octanol–water partition coefficient (Wildman–Crippen LogP) is 5.44. The lowest BCUT2D eigenvalue weighted by atomic mass is 9.73. The van der Waals surface area contributed by atoms with Crippen molar-refractivity contribution in [3.05, 3.63) is 81.6 Å². The molecule has 1 aliphatic heterocycles. The Bertz CT molecular complexity index is 1130. The van der Waals surface area contributed by atoms with E-state index in [0.29, 0.717) is 22.8 Å². The molecule has 2 aromatic rings. The van der Waals surface area contributed by atoms with Gasteiger partial charge in [-0.2, -0.15) is 0 Å². The molecule has 0 radical (unpaired) electrons. The van der Waals surface area contributed by atoms with Gasteiger partial charge in [-0.1, -0.05) is 23.8 Å². The summed E-state index contributed by atoms with van der Waals surface area (Å²) in [5.74, 6) is 0.103. The van der Waals surface area contributed by atoms with Crippen molar-refractivity contribution >= 4 is 17.4 Å². The molecule has 1 heterocycles. The fourth-order valence-corrected chi connectivity index (χ4v) is 4.38. The third kappa shape index (κ3) is 3.30. The average Bonchev–Trinajstić information content (AvgIpc) is 2.69. The van der Waals surface area contributed by atoms with Gasteiger partial charge in [0.05, 0.1) is 11.3 Å². The summed E-state index contributed by atoms with van der Waals surface area (Å²) in [5.41, 5.74) is 6.33. The first kappa shape index (κ1) is 20.0. The van der Waals surface area contributed by atoms with Crippen LogP contribution in [0.25, 0.3) is 0 Å². The monoisotopic (exact) mass is 402 g/mol. The maximum atomic E-state index is 12.1. The summed E-state index contributed by atoms with van der Waals surface area (Å²) in [7, 11) is 0. The summed E-state index contributed by atoms with van der Waals surface area (Å²) in [4.78, 5) is 12.1. The number of carbonyl (C=O) groups is 1. The van der Waals surface area contributed by atoms with Crippen molar-refractivity contribution in [2.75, 3.05) is 11.9 Å². The molecule has 0 spiro atoms. The van der Waals surface area contributed by atoms with Crippen molar-refractivity contribution in [3.63, 3.8) is 0 Å². The molecule has 0 saturated heterocycles. The standard InChI is InChI=1S/C25H26N2O3/c1-5-27-21-12-23-19(10-15(21)4)24(16-7-6-13(2)8-17(16)25(28)29)18-9-14(3)20(26)11-22(18)30-23/h6-12,18,24,26-27H,5H2,1-4H3,(H,28,29). The molecular formula is C25H26N2O3. The Labute approximate surface area is 176 Å². The molecule has 2 unspecified atom stereocenters. The molecule has 4 rings (SSSR count). The van der Waals surface area contributed by atoms with Crippen LogP contribution in [0.3, 0.4) is 0 Å². The summed E-state index contributed by atoms with van der Waals surface area (Å²) in [6, 6.07) is 9.71. The lowest BCUT2D eigenvalue weighted by molar-refractivity contribution is 0.0694. The molecule has 0 saturated carbocycles. The van der Waals surface area contributed by atoms with Crippen LogP contribution < -0.4 is 10.1 Å². The van der Waals surface area contributed by atoms with Gasteiger partial charge in [0.25, 0.3) is 0 Å². The maximum absolute atomic E-state index is 12.1. The molecule has 1 aliphatic carbocycles. The van der Waals surface area contributed by atoms with Crippen LogP contribution in [0.1, 0.15) is 52.4 Å².